The fourth-order valence-corrected chi connectivity index (χ4v) is 2.28. The maximum atomic E-state index is 13.8. The first kappa shape index (κ1) is 13.1. The Morgan fingerprint density at radius 1 is 1.45 bits per heavy atom. The van der Waals surface area contributed by atoms with E-state index in [2.05, 4.69) is 10.1 Å². The van der Waals surface area contributed by atoms with Gasteiger partial charge in [0.2, 0.25) is 0 Å². The summed E-state index contributed by atoms with van der Waals surface area (Å²) in [4.78, 5) is 4.31. The molecule has 0 radical (unpaired) electrons. The van der Waals surface area contributed by atoms with Crippen molar-refractivity contribution in [3.05, 3.63) is 29.8 Å². The number of hydrogen-bond acceptors (Lipinski definition) is 5. The normalized spacial score (nSPS) is 16.8. The van der Waals surface area contributed by atoms with Crippen LogP contribution in [0.4, 0.5) is 4.39 Å². The first-order valence-corrected chi connectivity index (χ1v) is 6.69. The Balaban J connectivity index is 1.99. The minimum Gasteiger partial charge on any atom is -0.490 e. The van der Waals surface area contributed by atoms with Gasteiger partial charge in [-0.15, -0.1) is 0 Å². The van der Waals surface area contributed by atoms with Gasteiger partial charge in [0, 0.05) is 0 Å². The summed E-state index contributed by atoms with van der Waals surface area (Å²) in [6.07, 6.45) is 2.74. The van der Waals surface area contributed by atoms with Crippen LogP contribution in [0.15, 0.2) is 22.7 Å². The van der Waals surface area contributed by atoms with Crippen LogP contribution in [-0.2, 0) is 5.54 Å². The van der Waals surface area contributed by atoms with Crippen LogP contribution in [0.3, 0.4) is 0 Å². The van der Waals surface area contributed by atoms with E-state index >= 15 is 0 Å². The number of halogens is 1. The molecule has 0 spiro atoms. The summed E-state index contributed by atoms with van der Waals surface area (Å²) < 4.78 is 24.4. The standard InChI is InChI=1S/C14H16FN3O2/c1-2-19-11-9(5-3-6-10(11)15)12-17-13(18-20-12)14(16)7-4-8-14/h3,5-6H,2,4,7-8,16H2,1H3. The molecule has 1 fully saturated rings. The number of benzene rings is 1. The van der Waals surface area contributed by atoms with Crippen molar-refractivity contribution in [3.8, 4) is 17.2 Å². The number of rotatable bonds is 4. The third-order valence-electron chi connectivity index (χ3n) is 3.60. The van der Waals surface area contributed by atoms with Crippen LogP contribution in [0.5, 0.6) is 5.75 Å². The van der Waals surface area contributed by atoms with E-state index in [1.807, 2.05) is 0 Å². The third-order valence-corrected chi connectivity index (χ3v) is 3.60. The first-order valence-electron chi connectivity index (χ1n) is 6.69. The van der Waals surface area contributed by atoms with Crippen LogP contribution in [-0.4, -0.2) is 16.7 Å². The molecule has 0 unspecified atom stereocenters. The molecule has 1 aromatic carbocycles. The van der Waals surface area contributed by atoms with E-state index in [0.29, 0.717) is 18.0 Å². The number of aromatic nitrogens is 2. The van der Waals surface area contributed by atoms with Gasteiger partial charge in [-0.1, -0.05) is 11.2 Å². The van der Waals surface area contributed by atoms with Crippen molar-refractivity contribution in [1.82, 2.24) is 10.1 Å². The van der Waals surface area contributed by atoms with Gasteiger partial charge < -0.3 is 15.0 Å². The van der Waals surface area contributed by atoms with Crippen molar-refractivity contribution >= 4 is 0 Å². The molecule has 2 aromatic rings. The smallest absolute Gasteiger partial charge is 0.261 e. The summed E-state index contributed by atoms with van der Waals surface area (Å²) in [6, 6.07) is 4.61. The Labute approximate surface area is 115 Å². The van der Waals surface area contributed by atoms with Gasteiger partial charge >= 0.3 is 0 Å². The molecule has 5 nitrogen and oxygen atoms in total. The molecule has 1 aliphatic carbocycles. The molecule has 0 amide bonds. The Morgan fingerprint density at radius 2 is 2.25 bits per heavy atom. The highest BCUT2D eigenvalue weighted by Gasteiger charge is 2.39. The first-order chi connectivity index (χ1) is 9.64. The highest BCUT2D eigenvalue weighted by atomic mass is 19.1. The zero-order valence-corrected chi connectivity index (χ0v) is 11.2. The van der Waals surface area contributed by atoms with Crippen molar-refractivity contribution in [3.63, 3.8) is 0 Å². The molecule has 1 heterocycles. The van der Waals surface area contributed by atoms with Crippen molar-refractivity contribution in [2.45, 2.75) is 31.7 Å². The molecule has 3 rings (SSSR count). The van der Waals surface area contributed by atoms with E-state index in [1.54, 1.807) is 19.1 Å². The molecule has 0 atom stereocenters. The largest absolute Gasteiger partial charge is 0.490 e. The van der Waals surface area contributed by atoms with Crippen molar-refractivity contribution < 1.29 is 13.7 Å². The Kier molecular flexibility index (Phi) is 3.17. The molecule has 20 heavy (non-hydrogen) atoms. The molecule has 6 heteroatoms. The van der Waals surface area contributed by atoms with Crippen LogP contribution in [0.25, 0.3) is 11.5 Å². The monoisotopic (exact) mass is 277 g/mol. The molecular weight excluding hydrogens is 261 g/mol. The van der Waals surface area contributed by atoms with E-state index in [-0.39, 0.29) is 11.6 Å². The van der Waals surface area contributed by atoms with Crippen molar-refractivity contribution in [1.29, 1.82) is 0 Å². The summed E-state index contributed by atoms with van der Waals surface area (Å²) in [5.41, 5.74) is 6.11. The van der Waals surface area contributed by atoms with Gasteiger partial charge in [-0.2, -0.15) is 4.98 Å². The molecule has 1 aliphatic rings. The second kappa shape index (κ2) is 4.86. The fraction of sp³-hybridized carbons (Fsp3) is 0.429. The number of nitrogens with two attached hydrogens (primary N) is 1. The summed E-state index contributed by atoms with van der Waals surface area (Å²) in [6.45, 7) is 2.15. The van der Waals surface area contributed by atoms with Gasteiger partial charge in [-0.05, 0) is 38.3 Å². The van der Waals surface area contributed by atoms with Crippen LogP contribution >= 0.6 is 0 Å². The minimum absolute atomic E-state index is 0.130. The van der Waals surface area contributed by atoms with Gasteiger partial charge in [-0.3, -0.25) is 0 Å². The Bertz CT molecular complexity index is 623. The van der Waals surface area contributed by atoms with Gasteiger partial charge in [0.1, 0.15) is 0 Å². The van der Waals surface area contributed by atoms with Crippen LogP contribution in [0, 0.1) is 5.82 Å². The SMILES string of the molecule is CCOc1c(F)cccc1-c1nc(C2(N)CCC2)no1. The number of nitrogens with zero attached hydrogens (tertiary/aromatic N) is 2. The lowest BCUT2D eigenvalue weighted by atomic mass is 9.77. The number of ether oxygens (including phenoxy) is 1. The van der Waals surface area contributed by atoms with Gasteiger partial charge in [0.05, 0.1) is 17.7 Å². The number of hydrogen-bond donors (Lipinski definition) is 1. The molecular formula is C14H16FN3O2. The predicted molar refractivity (Wildman–Crippen MR) is 70.6 cm³/mol. The molecule has 0 aliphatic heterocycles. The molecule has 2 N–H and O–H groups in total. The average molecular weight is 277 g/mol. The van der Waals surface area contributed by atoms with E-state index in [4.69, 9.17) is 15.0 Å². The average Bonchev–Trinajstić information content (AvgIpc) is 2.88. The van der Waals surface area contributed by atoms with E-state index < -0.39 is 11.4 Å². The zero-order valence-electron chi connectivity index (χ0n) is 11.2. The zero-order chi connectivity index (χ0) is 14.2. The van der Waals surface area contributed by atoms with E-state index in [1.165, 1.54) is 6.07 Å². The number of para-hydroxylation sites is 1. The summed E-state index contributed by atoms with van der Waals surface area (Å²) in [7, 11) is 0. The van der Waals surface area contributed by atoms with Crippen molar-refractivity contribution in [2.75, 3.05) is 6.61 Å². The summed E-state index contributed by atoms with van der Waals surface area (Å²) >= 11 is 0. The second-order valence-electron chi connectivity index (χ2n) is 4.98. The predicted octanol–water partition coefficient (Wildman–Crippen LogP) is 2.61. The lowest BCUT2D eigenvalue weighted by Gasteiger charge is -2.34. The van der Waals surface area contributed by atoms with Gasteiger partial charge in [0.25, 0.3) is 5.89 Å². The minimum atomic E-state index is -0.499. The van der Waals surface area contributed by atoms with Gasteiger partial charge in [0.15, 0.2) is 17.4 Å². The maximum absolute atomic E-state index is 13.8. The van der Waals surface area contributed by atoms with Gasteiger partial charge in [-0.25, -0.2) is 4.39 Å². The maximum Gasteiger partial charge on any atom is 0.261 e. The lowest BCUT2D eigenvalue weighted by Crippen LogP contribution is -2.44. The Morgan fingerprint density at radius 3 is 2.90 bits per heavy atom. The quantitative estimate of drug-likeness (QED) is 0.929. The van der Waals surface area contributed by atoms with Crippen LogP contribution < -0.4 is 10.5 Å². The fourth-order valence-electron chi connectivity index (χ4n) is 2.28. The third kappa shape index (κ3) is 2.06. The molecule has 106 valence electrons. The van der Waals surface area contributed by atoms with Crippen LogP contribution in [0.1, 0.15) is 32.0 Å². The molecule has 1 aromatic heterocycles. The Hall–Kier alpha value is -1.95. The van der Waals surface area contributed by atoms with Crippen molar-refractivity contribution in [2.24, 2.45) is 5.73 Å². The second-order valence-corrected chi connectivity index (χ2v) is 4.98. The lowest BCUT2D eigenvalue weighted by molar-refractivity contribution is 0.229. The molecule has 1 saturated carbocycles. The summed E-state index contributed by atoms with van der Waals surface area (Å²) in [5.74, 6) is 0.394. The van der Waals surface area contributed by atoms with E-state index in [9.17, 15) is 4.39 Å². The summed E-state index contributed by atoms with van der Waals surface area (Å²) in [5, 5.41) is 3.93. The highest BCUT2D eigenvalue weighted by molar-refractivity contribution is 5.63. The molecule has 0 bridgehead atoms. The molecule has 0 saturated heterocycles. The van der Waals surface area contributed by atoms with Crippen LogP contribution in [0.2, 0.25) is 0 Å². The highest BCUT2D eigenvalue weighted by Crippen LogP contribution is 2.39. The topological polar surface area (TPSA) is 74.2 Å². The van der Waals surface area contributed by atoms with E-state index in [0.717, 1.165) is 19.3 Å².